The van der Waals surface area contributed by atoms with Crippen LogP contribution in [0, 0.1) is 13.8 Å². The molecule has 1 saturated carbocycles. The number of hydrogen-bond acceptors (Lipinski definition) is 4. The number of amides is 1. The van der Waals surface area contributed by atoms with Gasteiger partial charge in [-0.15, -0.1) is 0 Å². The van der Waals surface area contributed by atoms with Gasteiger partial charge >= 0.3 is 5.97 Å². The summed E-state index contributed by atoms with van der Waals surface area (Å²) in [5.41, 5.74) is 4.72. The summed E-state index contributed by atoms with van der Waals surface area (Å²) in [5, 5.41) is 7.39. The molecule has 1 aromatic heterocycles. The van der Waals surface area contributed by atoms with Gasteiger partial charge in [-0.05, 0) is 62.1 Å². The topological polar surface area (TPSA) is 73.2 Å². The minimum absolute atomic E-state index is 0.331. The van der Waals surface area contributed by atoms with Gasteiger partial charge in [-0.3, -0.25) is 4.79 Å². The fourth-order valence-corrected chi connectivity index (χ4v) is 3.15. The van der Waals surface area contributed by atoms with Crippen LogP contribution in [0.15, 0.2) is 54.6 Å². The third kappa shape index (κ3) is 4.37. The number of esters is 1. The molecule has 29 heavy (non-hydrogen) atoms. The number of hydrogen-bond donors (Lipinski definition) is 1. The molecule has 0 atom stereocenters. The quantitative estimate of drug-likeness (QED) is 0.643. The monoisotopic (exact) mass is 389 g/mol. The fraction of sp³-hybridized carbons (Fsp3) is 0.261. The van der Waals surface area contributed by atoms with Gasteiger partial charge in [-0.2, -0.15) is 5.10 Å². The number of aryl methyl sites for hydroxylation is 2. The van der Waals surface area contributed by atoms with Crippen molar-refractivity contribution in [2.45, 2.75) is 32.6 Å². The van der Waals surface area contributed by atoms with Crippen LogP contribution in [0.1, 0.15) is 46.1 Å². The first kappa shape index (κ1) is 18.9. The molecular weight excluding hydrogens is 366 g/mol. The molecule has 6 heteroatoms. The number of carbonyl (C=O) groups is 2. The molecule has 6 nitrogen and oxygen atoms in total. The Hall–Kier alpha value is -3.41. The second kappa shape index (κ2) is 7.91. The Balaban J connectivity index is 1.47. The van der Waals surface area contributed by atoms with Crippen molar-refractivity contribution in [2.75, 3.05) is 11.9 Å². The van der Waals surface area contributed by atoms with Crippen LogP contribution in [0.4, 0.5) is 5.69 Å². The SMILES string of the molecule is Cc1ccc(C)c(NC(=O)COC(=O)c2cc(C3CC3)nn2-c2ccccc2)c1. The number of ether oxygens (including phenoxy) is 1. The van der Waals surface area contributed by atoms with Crippen molar-refractivity contribution in [2.24, 2.45) is 0 Å². The number of rotatable bonds is 6. The van der Waals surface area contributed by atoms with Crippen LogP contribution in [-0.4, -0.2) is 28.3 Å². The second-order valence-corrected chi connectivity index (χ2v) is 7.42. The van der Waals surface area contributed by atoms with Gasteiger partial charge in [0.25, 0.3) is 5.91 Å². The van der Waals surface area contributed by atoms with Gasteiger partial charge in [-0.25, -0.2) is 9.48 Å². The summed E-state index contributed by atoms with van der Waals surface area (Å²) in [6, 6.07) is 17.0. The molecular formula is C23H23N3O3. The van der Waals surface area contributed by atoms with E-state index in [-0.39, 0.29) is 12.5 Å². The van der Waals surface area contributed by atoms with Gasteiger partial charge < -0.3 is 10.1 Å². The lowest BCUT2D eigenvalue weighted by Crippen LogP contribution is -2.22. The molecule has 1 fully saturated rings. The molecule has 3 aromatic rings. The molecule has 0 radical (unpaired) electrons. The molecule has 0 spiro atoms. The average molecular weight is 389 g/mol. The Labute approximate surface area is 169 Å². The van der Waals surface area contributed by atoms with Crippen molar-refractivity contribution in [1.29, 1.82) is 0 Å². The number of carbonyl (C=O) groups excluding carboxylic acids is 2. The van der Waals surface area contributed by atoms with E-state index in [2.05, 4.69) is 10.4 Å². The van der Waals surface area contributed by atoms with Crippen molar-refractivity contribution in [3.8, 4) is 5.69 Å². The van der Waals surface area contributed by atoms with Crippen molar-refractivity contribution >= 4 is 17.6 Å². The average Bonchev–Trinajstić information content (AvgIpc) is 3.48. The lowest BCUT2D eigenvalue weighted by molar-refractivity contribution is -0.119. The molecule has 2 aromatic carbocycles. The summed E-state index contributed by atoms with van der Waals surface area (Å²) in [5.74, 6) is -0.538. The fourth-order valence-electron chi connectivity index (χ4n) is 3.15. The molecule has 0 unspecified atom stereocenters. The summed E-state index contributed by atoms with van der Waals surface area (Å²) in [6.07, 6.45) is 2.16. The van der Waals surface area contributed by atoms with Crippen LogP contribution in [0.3, 0.4) is 0 Å². The zero-order valence-electron chi connectivity index (χ0n) is 16.5. The van der Waals surface area contributed by atoms with E-state index >= 15 is 0 Å². The van der Waals surface area contributed by atoms with E-state index in [0.717, 1.165) is 41.0 Å². The summed E-state index contributed by atoms with van der Waals surface area (Å²) >= 11 is 0. The van der Waals surface area contributed by atoms with Gasteiger partial charge in [0.1, 0.15) is 0 Å². The number of anilines is 1. The van der Waals surface area contributed by atoms with Crippen molar-refractivity contribution in [1.82, 2.24) is 9.78 Å². The number of nitrogens with zero attached hydrogens (tertiary/aromatic N) is 2. The van der Waals surface area contributed by atoms with Gasteiger partial charge in [0.05, 0.1) is 11.4 Å². The maximum absolute atomic E-state index is 12.7. The third-order valence-electron chi connectivity index (χ3n) is 4.94. The van der Waals surface area contributed by atoms with E-state index in [4.69, 9.17) is 4.74 Å². The van der Waals surface area contributed by atoms with Crippen LogP contribution in [0.25, 0.3) is 5.69 Å². The van der Waals surface area contributed by atoms with E-state index in [0.29, 0.717) is 11.6 Å². The first-order valence-corrected chi connectivity index (χ1v) is 9.71. The molecule has 0 aliphatic heterocycles. The summed E-state index contributed by atoms with van der Waals surface area (Å²) in [7, 11) is 0. The Morgan fingerprint density at radius 1 is 1.10 bits per heavy atom. The van der Waals surface area contributed by atoms with Crippen LogP contribution < -0.4 is 5.32 Å². The predicted molar refractivity (Wildman–Crippen MR) is 110 cm³/mol. The van der Waals surface area contributed by atoms with Gasteiger partial charge in [0, 0.05) is 11.6 Å². The van der Waals surface area contributed by atoms with Gasteiger partial charge in [0.2, 0.25) is 0 Å². The third-order valence-corrected chi connectivity index (χ3v) is 4.94. The largest absolute Gasteiger partial charge is 0.451 e. The lowest BCUT2D eigenvalue weighted by atomic mass is 10.1. The van der Waals surface area contributed by atoms with E-state index in [1.54, 1.807) is 10.7 Å². The van der Waals surface area contributed by atoms with Crippen LogP contribution in [0.5, 0.6) is 0 Å². The highest BCUT2D eigenvalue weighted by atomic mass is 16.5. The van der Waals surface area contributed by atoms with E-state index < -0.39 is 5.97 Å². The van der Waals surface area contributed by atoms with Crippen LogP contribution in [-0.2, 0) is 9.53 Å². The predicted octanol–water partition coefficient (Wildman–Crippen LogP) is 4.16. The molecule has 1 heterocycles. The first-order valence-electron chi connectivity index (χ1n) is 9.71. The molecule has 4 rings (SSSR count). The minimum atomic E-state index is -0.565. The van der Waals surface area contributed by atoms with E-state index in [1.807, 2.05) is 62.4 Å². The molecule has 1 amide bonds. The Kier molecular flexibility index (Phi) is 5.16. The van der Waals surface area contributed by atoms with Crippen LogP contribution in [0.2, 0.25) is 0 Å². The zero-order chi connectivity index (χ0) is 20.4. The molecule has 148 valence electrons. The number of benzene rings is 2. The van der Waals surface area contributed by atoms with E-state index in [9.17, 15) is 9.59 Å². The van der Waals surface area contributed by atoms with E-state index in [1.165, 1.54) is 0 Å². The highest BCUT2D eigenvalue weighted by molar-refractivity contribution is 5.95. The standard InChI is InChI=1S/C23H23N3O3/c1-15-8-9-16(2)19(12-15)24-22(27)14-29-23(28)21-13-20(17-10-11-17)25-26(21)18-6-4-3-5-7-18/h3-9,12-13,17H,10-11,14H2,1-2H3,(H,24,27). The Bertz CT molecular complexity index is 1050. The highest BCUT2D eigenvalue weighted by Gasteiger charge is 2.29. The maximum atomic E-state index is 12.7. The lowest BCUT2D eigenvalue weighted by Gasteiger charge is -2.10. The molecule has 1 aliphatic carbocycles. The molecule has 0 saturated heterocycles. The Morgan fingerprint density at radius 3 is 2.59 bits per heavy atom. The number of aromatic nitrogens is 2. The summed E-state index contributed by atoms with van der Waals surface area (Å²) in [6.45, 7) is 3.52. The van der Waals surface area contributed by atoms with Crippen LogP contribution >= 0.6 is 0 Å². The number of para-hydroxylation sites is 1. The Morgan fingerprint density at radius 2 is 1.86 bits per heavy atom. The molecule has 1 N–H and O–H groups in total. The normalized spacial score (nSPS) is 13.2. The minimum Gasteiger partial charge on any atom is -0.451 e. The van der Waals surface area contributed by atoms with Gasteiger partial charge in [-0.1, -0.05) is 30.3 Å². The molecule has 1 aliphatic rings. The second-order valence-electron chi connectivity index (χ2n) is 7.42. The highest BCUT2D eigenvalue weighted by Crippen LogP contribution is 2.39. The van der Waals surface area contributed by atoms with Gasteiger partial charge in [0.15, 0.2) is 12.3 Å². The van der Waals surface area contributed by atoms with Crippen molar-refractivity contribution in [3.05, 3.63) is 77.1 Å². The zero-order valence-corrected chi connectivity index (χ0v) is 16.5. The summed E-state index contributed by atoms with van der Waals surface area (Å²) in [4.78, 5) is 25.0. The summed E-state index contributed by atoms with van der Waals surface area (Å²) < 4.78 is 6.89. The van der Waals surface area contributed by atoms with Crippen molar-refractivity contribution < 1.29 is 14.3 Å². The smallest absolute Gasteiger partial charge is 0.357 e. The van der Waals surface area contributed by atoms with Crippen molar-refractivity contribution in [3.63, 3.8) is 0 Å². The maximum Gasteiger partial charge on any atom is 0.357 e. The first-order chi connectivity index (χ1) is 14.0. The number of nitrogens with one attached hydrogen (secondary N) is 1. The molecule has 0 bridgehead atoms.